The number of hydrogen-bond acceptors (Lipinski definition) is 5. The largest absolute Gasteiger partial charge is 0.465 e. The van der Waals surface area contributed by atoms with E-state index in [0.29, 0.717) is 17.8 Å². The molecule has 6 nitrogen and oxygen atoms in total. The van der Waals surface area contributed by atoms with Gasteiger partial charge in [0.2, 0.25) is 5.91 Å². The number of piperazine rings is 1. The highest BCUT2D eigenvalue weighted by atomic mass is 16.5. The van der Waals surface area contributed by atoms with Crippen molar-refractivity contribution in [2.45, 2.75) is 13.8 Å². The maximum absolute atomic E-state index is 12.5. The predicted octanol–water partition coefficient (Wildman–Crippen LogP) is 2.85. The van der Waals surface area contributed by atoms with E-state index in [1.807, 2.05) is 13.0 Å². The van der Waals surface area contributed by atoms with E-state index in [-0.39, 0.29) is 5.91 Å². The molecule has 0 saturated carbocycles. The smallest absolute Gasteiger partial charge is 0.337 e. The van der Waals surface area contributed by atoms with Crippen LogP contribution in [-0.4, -0.2) is 56.6 Å². The first-order valence-corrected chi connectivity index (χ1v) is 9.49. The van der Waals surface area contributed by atoms with Crippen LogP contribution in [0.3, 0.4) is 0 Å². The molecule has 0 spiro atoms. The van der Waals surface area contributed by atoms with Gasteiger partial charge in [-0.25, -0.2) is 4.79 Å². The number of rotatable bonds is 5. The lowest BCUT2D eigenvalue weighted by atomic mass is 10.1. The Labute approximate surface area is 166 Å². The van der Waals surface area contributed by atoms with Crippen molar-refractivity contribution >= 4 is 23.3 Å². The normalized spacial score (nSPS) is 14.6. The lowest BCUT2D eigenvalue weighted by Gasteiger charge is -2.35. The van der Waals surface area contributed by atoms with Gasteiger partial charge in [-0.15, -0.1) is 0 Å². The van der Waals surface area contributed by atoms with Crippen LogP contribution in [-0.2, 0) is 9.53 Å². The molecule has 148 valence electrons. The SMILES string of the molecule is COC(=O)c1ccc(C)c(NC(=O)CN2CCN(c3cccc(C)c3)CC2)c1. The molecular formula is C22H27N3O3. The minimum absolute atomic E-state index is 0.0749. The van der Waals surface area contributed by atoms with Crippen LogP contribution in [0.1, 0.15) is 21.5 Å². The second kappa shape index (κ2) is 8.89. The Kier molecular flexibility index (Phi) is 6.31. The van der Waals surface area contributed by atoms with E-state index in [9.17, 15) is 9.59 Å². The molecule has 0 unspecified atom stereocenters. The number of esters is 1. The van der Waals surface area contributed by atoms with Crippen LogP contribution in [0.15, 0.2) is 42.5 Å². The summed E-state index contributed by atoms with van der Waals surface area (Å²) >= 11 is 0. The van der Waals surface area contributed by atoms with Crippen molar-refractivity contribution in [2.24, 2.45) is 0 Å². The molecule has 2 aromatic carbocycles. The van der Waals surface area contributed by atoms with Gasteiger partial charge in [-0.2, -0.15) is 0 Å². The van der Waals surface area contributed by atoms with Crippen LogP contribution in [0.5, 0.6) is 0 Å². The van der Waals surface area contributed by atoms with Crippen LogP contribution in [0.4, 0.5) is 11.4 Å². The summed E-state index contributed by atoms with van der Waals surface area (Å²) in [5.41, 5.74) is 4.47. The van der Waals surface area contributed by atoms with E-state index < -0.39 is 5.97 Å². The molecule has 0 aliphatic carbocycles. The van der Waals surface area contributed by atoms with Gasteiger partial charge in [-0.1, -0.05) is 18.2 Å². The number of ether oxygens (including phenoxy) is 1. The lowest BCUT2D eigenvalue weighted by Crippen LogP contribution is -2.48. The summed E-state index contributed by atoms with van der Waals surface area (Å²) in [4.78, 5) is 28.7. The highest BCUT2D eigenvalue weighted by Crippen LogP contribution is 2.19. The number of nitrogens with zero attached hydrogens (tertiary/aromatic N) is 2. The fourth-order valence-corrected chi connectivity index (χ4v) is 3.38. The molecule has 1 saturated heterocycles. The summed E-state index contributed by atoms with van der Waals surface area (Å²) in [5.74, 6) is -0.489. The molecule has 2 aromatic rings. The third-order valence-corrected chi connectivity index (χ3v) is 5.04. The van der Waals surface area contributed by atoms with E-state index in [1.165, 1.54) is 18.4 Å². The molecule has 1 aliphatic rings. The molecule has 0 aromatic heterocycles. The summed E-state index contributed by atoms with van der Waals surface area (Å²) in [6, 6.07) is 13.7. The number of carbonyl (C=O) groups excluding carboxylic acids is 2. The molecule has 1 N–H and O–H groups in total. The number of methoxy groups -OCH3 is 1. The maximum atomic E-state index is 12.5. The summed E-state index contributed by atoms with van der Waals surface area (Å²) in [6.07, 6.45) is 0. The first-order valence-electron chi connectivity index (χ1n) is 9.49. The first-order chi connectivity index (χ1) is 13.5. The van der Waals surface area contributed by atoms with Gasteiger partial charge >= 0.3 is 5.97 Å². The number of aryl methyl sites for hydroxylation is 2. The fraction of sp³-hybridized carbons (Fsp3) is 0.364. The Hall–Kier alpha value is -2.86. The van der Waals surface area contributed by atoms with Crippen molar-refractivity contribution in [2.75, 3.05) is 50.1 Å². The fourth-order valence-electron chi connectivity index (χ4n) is 3.38. The van der Waals surface area contributed by atoms with E-state index in [4.69, 9.17) is 4.74 Å². The molecule has 28 heavy (non-hydrogen) atoms. The van der Waals surface area contributed by atoms with Crippen LogP contribution in [0.25, 0.3) is 0 Å². The molecule has 1 heterocycles. The van der Waals surface area contributed by atoms with Gasteiger partial charge in [0.15, 0.2) is 0 Å². The molecular weight excluding hydrogens is 354 g/mol. The number of carbonyl (C=O) groups is 2. The van der Waals surface area contributed by atoms with E-state index in [2.05, 4.69) is 46.3 Å². The molecule has 0 radical (unpaired) electrons. The molecule has 1 fully saturated rings. The van der Waals surface area contributed by atoms with Crippen molar-refractivity contribution in [1.82, 2.24) is 4.90 Å². The first kappa shape index (κ1) is 19.9. The van der Waals surface area contributed by atoms with Crippen molar-refractivity contribution in [3.8, 4) is 0 Å². The van der Waals surface area contributed by atoms with Gasteiger partial charge in [-0.3, -0.25) is 9.69 Å². The number of anilines is 2. The predicted molar refractivity (Wildman–Crippen MR) is 111 cm³/mol. The Balaban J connectivity index is 1.54. The molecule has 0 bridgehead atoms. The summed E-state index contributed by atoms with van der Waals surface area (Å²) in [7, 11) is 1.34. The van der Waals surface area contributed by atoms with E-state index >= 15 is 0 Å². The highest BCUT2D eigenvalue weighted by Gasteiger charge is 2.20. The standard InChI is InChI=1S/C22H27N3O3/c1-16-5-4-6-19(13-16)25-11-9-24(10-12-25)15-21(26)23-20-14-18(22(27)28-3)8-7-17(20)2/h4-8,13-14H,9-12,15H2,1-3H3,(H,23,26). The molecule has 1 amide bonds. The van der Waals surface area contributed by atoms with Crippen LogP contribution in [0.2, 0.25) is 0 Å². The summed E-state index contributed by atoms with van der Waals surface area (Å²) < 4.78 is 4.75. The zero-order valence-electron chi connectivity index (χ0n) is 16.7. The van der Waals surface area contributed by atoms with Gasteiger partial charge in [0.05, 0.1) is 19.2 Å². The number of benzene rings is 2. The van der Waals surface area contributed by atoms with E-state index in [1.54, 1.807) is 12.1 Å². The maximum Gasteiger partial charge on any atom is 0.337 e. The Morgan fingerprint density at radius 2 is 1.79 bits per heavy atom. The van der Waals surface area contributed by atoms with Crippen LogP contribution >= 0.6 is 0 Å². The Bertz CT molecular complexity index is 858. The minimum Gasteiger partial charge on any atom is -0.465 e. The monoisotopic (exact) mass is 381 g/mol. The van der Waals surface area contributed by atoms with Crippen LogP contribution < -0.4 is 10.2 Å². The van der Waals surface area contributed by atoms with Gasteiger partial charge in [-0.05, 0) is 49.2 Å². The van der Waals surface area contributed by atoms with E-state index in [0.717, 1.165) is 31.7 Å². The third kappa shape index (κ3) is 4.89. The lowest BCUT2D eigenvalue weighted by molar-refractivity contribution is -0.117. The van der Waals surface area contributed by atoms with Crippen molar-refractivity contribution in [3.63, 3.8) is 0 Å². The molecule has 1 aliphatic heterocycles. The number of hydrogen-bond donors (Lipinski definition) is 1. The van der Waals surface area contributed by atoms with Crippen molar-refractivity contribution in [3.05, 3.63) is 59.2 Å². The van der Waals surface area contributed by atoms with Gasteiger partial charge in [0, 0.05) is 37.6 Å². The quantitative estimate of drug-likeness (QED) is 0.807. The minimum atomic E-state index is -0.414. The Morgan fingerprint density at radius 1 is 1.04 bits per heavy atom. The Morgan fingerprint density at radius 3 is 2.46 bits per heavy atom. The highest BCUT2D eigenvalue weighted by molar-refractivity contribution is 5.96. The third-order valence-electron chi connectivity index (χ3n) is 5.04. The second-order valence-corrected chi connectivity index (χ2v) is 7.17. The number of amides is 1. The average Bonchev–Trinajstić information content (AvgIpc) is 2.69. The zero-order valence-corrected chi connectivity index (χ0v) is 16.7. The topological polar surface area (TPSA) is 61.9 Å². The average molecular weight is 381 g/mol. The second-order valence-electron chi connectivity index (χ2n) is 7.17. The van der Waals surface area contributed by atoms with Crippen molar-refractivity contribution in [1.29, 1.82) is 0 Å². The molecule has 3 rings (SSSR count). The van der Waals surface area contributed by atoms with Gasteiger partial charge < -0.3 is 15.0 Å². The van der Waals surface area contributed by atoms with Crippen molar-refractivity contribution < 1.29 is 14.3 Å². The molecule has 0 atom stereocenters. The van der Waals surface area contributed by atoms with Gasteiger partial charge in [0.1, 0.15) is 0 Å². The zero-order chi connectivity index (χ0) is 20.1. The summed E-state index contributed by atoms with van der Waals surface area (Å²) in [6.45, 7) is 7.80. The summed E-state index contributed by atoms with van der Waals surface area (Å²) in [5, 5.41) is 2.93. The van der Waals surface area contributed by atoms with Crippen LogP contribution in [0, 0.1) is 13.8 Å². The van der Waals surface area contributed by atoms with Gasteiger partial charge in [0.25, 0.3) is 0 Å². The molecule has 6 heteroatoms. The number of nitrogens with one attached hydrogen (secondary N) is 1.